The van der Waals surface area contributed by atoms with Gasteiger partial charge < -0.3 is 9.80 Å². The maximum atomic E-state index is 4.65. The molecule has 3 aromatic rings. The summed E-state index contributed by atoms with van der Waals surface area (Å²) in [5.74, 6) is 1.04. The highest BCUT2D eigenvalue weighted by atomic mass is 15.4. The van der Waals surface area contributed by atoms with Crippen molar-refractivity contribution in [3.8, 4) is 11.1 Å². The van der Waals surface area contributed by atoms with E-state index in [4.69, 9.17) is 0 Å². The van der Waals surface area contributed by atoms with Crippen LogP contribution in [0.5, 0.6) is 0 Å². The van der Waals surface area contributed by atoms with Crippen LogP contribution in [0.15, 0.2) is 66.9 Å². The first kappa shape index (κ1) is 15.7. The lowest BCUT2D eigenvalue weighted by molar-refractivity contribution is 0.709. The molecule has 1 aliphatic rings. The average Bonchev–Trinajstić information content (AvgIpc) is 3.02. The molecule has 126 valence electrons. The van der Waals surface area contributed by atoms with Crippen LogP contribution in [0.1, 0.15) is 19.4 Å². The number of fused-ring (bicyclic) bond motifs is 1. The molecule has 0 bridgehead atoms. The van der Waals surface area contributed by atoms with Gasteiger partial charge in [0, 0.05) is 17.9 Å². The molecule has 25 heavy (non-hydrogen) atoms. The Labute approximate surface area is 149 Å². The van der Waals surface area contributed by atoms with Crippen molar-refractivity contribution in [3.63, 3.8) is 0 Å². The molecule has 0 spiro atoms. The van der Waals surface area contributed by atoms with Crippen molar-refractivity contribution < 1.29 is 0 Å². The first-order chi connectivity index (χ1) is 12.1. The zero-order valence-corrected chi connectivity index (χ0v) is 15.0. The Bertz CT molecular complexity index is 901. The van der Waals surface area contributed by atoms with Gasteiger partial charge in [0.05, 0.1) is 12.4 Å². The highest BCUT2D eigenvalue weighted by molar-refractivity contribution is 5.81. The molecule has 0 atom stereocenters. The van der Waals surface area contributed by atoms with Crippen LogP contribution >= 0.6 is 0 Å². The van der Waals surface area contributed by atoms with E-state index >= 15 is 0 Å². The van der Waals surface area contributed by atoms with Gasteiger partial charge in [0.15, 0.2) is 5.82 Å². The molecule has 0 unspecified atom stereocenters. The standard InChI is InChI=1S/C22H23N3/c1-16(2)24-15-25(22-21(24)12-7-13-23-22)19-10-6-9-18(14-19)20-11-5-4-8-17(20)3/h4-14,16H,15H2,1-3H3. The van der Waals surface area contributed by atoms with E-state index in [1.165, 1.54) is 28.1 Å². The molecule has 0 N–H and O–H groups in total. The van der Waals surface area contributed by atoms with E-state index < -0.39 is 0 Å². The third kappa shape index (κ3) is 2.76. The first-order valence-corrected chi connectivity index (χ1v) is 8.80. The molecule has 2 aromatic carbocycles. The van der Waals surface area contributed by atoms with E-state index in [-0.39, 0.29) is 0 Å². The summed E-state index contributed by atoms with van der Waals surface area (Å²) in [4.78, 5) is 9.35. The van der Waals surface area contributed by atoms with Gasteiger partial charge in [-0.05, 0) is 61.7 Å². The van der Waals surface area contributed by atoms with Crippen molar-refractivity contribution in [3.05, 3.63) is 72.4 Å². The summed E-state index contributed by atoms with van der Waals surface area (Å²) in [6, 6.07) is 21.9. The Morgan fingerprint density at radius 3 is 2.60 bits per heavy atom. The van der Waals surface area contributed by atoms with Crippen LogP contribution in [0.3, 0.4) is 0 Å². The van der Waals surface area contributed by atoms with Crippen LogP contribution in [0.4, 0.5) is 17.2 Å². The summed E-state index contributed by atoms with van der Waals surface area (Å²) >= 11 is 0. The Balaban J connectivity index is 1.77. The van der Waals surface area contributed by atoms with E-state index in [0.29, 0.717) is 6.04 Å². The number of benzene rings is 2. The van der Waals surface area contributed by atoms with Gasteiger partial charge in [0.1, 0.15) is 0 Å². The van der Waals surface area contributed by atoms with Gasteiger partial charge in [-0.3, -0.25) is 0 Å². The second kappa shape index (κ2) is 6.25. The van der Waals surface area contributed by atoms with E-state index in [1.807, 2.05) is 12.3 Å². The highest BCUT2D eigenvalue weighted by Crippen LogP contribution is 2.40. The lowest BCUT2D eigenvalue weighted by atomic mass is 10.0. The van der Waals surface area contributed by atoms with Gasteiger partial charge >= 0.3 is 0 Å². The van der Waals surface area contributed by atoms with Crippen molar-refractivity contribution in [2.24, 2.45) is 0 Å². The number of anilines is 3. The number of pyridine rings is 1. The Kier molecular flexibility index (Phi) is 3.92. The molecule has 1 aromatic heterocycles. The van der Waals surface area contributed by atoms with Crippen LogP contribution < -0.4 is 9.80 Å². The molecule has 0 saturated carbocycles. The fourth-order valence-electron chi connectivity index (χ4n) is 3.50. The first-order valence-electron chi connectivity index (χ1n) is 8.80. The van der Waals surface area contributed by atoms with Crippen molar-refractivity contribution in [2.45, 2.75) is 26.8 Å². The summed E-state index contributed by atoms with van der Waals surface area (Å²) in [5, 5.41) is 0. The minimum atomic E-state index is 0.438. The molecule has 0 fully saturated rings. The summed E-state index contributed by atoms with van der Waals surface area (Å²) in [6.45, 7) is 7.45. The molecule has 2 heterocycles. The summed E-state index contributed by atoms with van der Waals surface area (Å²) < 4.78 is 0. The number of rotatable bonds is 3. The zero-order chi connectivity index (χ0) is 17.4. The Morgan fingerprint density at radius 1 is 0.960 bits per heavy atom. The summed E-state index contributed by atoms with van der Waals surface area (Å²) in [6.07, 6.45) is 1.88. The average molecular weight is 329 g/mol. The number of aryl methyl sites for hydroxylation is 1. The minimum Gasteiger partial charge on any atom is -0.348 e. The van der Waals surface area contributed by atoms with E-state index in [0.717, 1.165) is 12.5 Å². The Morgan fingerprint density at radius 2 is 1.80 bits per heavy atom. The predicted octanol–water partition coefficient (Wildman–Crippen LogP) is 5.38. The molecule has 0 radical (unpaired) electrons. The predicted molar refractivity (Wildman–Crippen MR) is 105 cm³/mol. The number of hydrogen-bond donors (Lipinski definition) is 0. The fraction of sp³-hybridized carbons (Fsp3) is 0.227. The maximum absolute atomic E-state index is 4.65. The lowest BCUT2D eigenvalue weighted by Gasteiger charge is -2.25. The molecule has 0 aliphatic carbocycles. The van der Waals surface area contributed by atoms with Crippen molar-refractivity contribution in [1.82, 2.24) is 4.98 Å². The normalized spacial score (nSPS) is 13.4. The van der Waals surface area contributed by atoms with E-state index in [1.54, 1.807) is 0 Å². The van der Waals surface area contributed by atoms with Crippen molar-refractivity contribution >= 4 is 17.2 Å². The second-order valence-corrected chi connectivity index (χ2v) is 6.84. The van der Waals surface area contributed by atoms with Crippen molar-refractivity contribution in [2.75, 3.05) is 16.5 Å². The second-order valence-electron chi connectivity index (χ2n) is 6.84. The highest BCUT2D eigenvalue weighted by Gasteiger charge is 2.29. The molecule has 3 nitrogen and oxygen atoms in total. The largest absolute Gasteiger partial charge is 0.348 e. The van der Waals surface area contributed by atoms with Crippen LogP contribution in [-0.4, -0.2) is 17.7 Å². The summed E-state index contributed by atoms with van der Waals surface area (Å²) in [7, 11) is 0. The minimum absolute atomic E-state index is 0.438. The summed E-state index contributed by atoms with van der Waals surface area (Å²) in [5.41, 5.74) is 6.22. The molecular formula is C22H23N3. The van der Waals surface area contributed by atoms with Gasteiger partial charge in [-0.25, -0.2) is 4.98 Å². The SMILES string of the molecule is Cc1ccccc1-c1cccc(N2CN(C(C)C)c3cccnc32)c1. The van der Waals surface area contributed by atoms with Gasteiger partial charge in [-0.15, -0.1) is 0 Å². The molecule has 0 saturated heterocycles. The topological polar surface area (TPSA) is 19.4 Å². The van der Waals surface area contributed by atoms with Gasteiger partial charge in [0.2, 0.25) is 0 Å². The van der Waals surface area contributed by atoms with E-state index in [2.05, 4.69) is 90.2 Å². The third-order valence-corrected chi connectivity index (χ3v) is 4.86. The number of aromatic nitrogens is 1. The van der Waals surface area contributed by atoms with Gasteiger partial charge in [0.25, 0.3) is 0 Å². The molecular weight excluding hydrogens is 306 g/mol. The van der Waals surface area contributed by atoms with Gasteiger partial charge in [-0.2, -0.15) is 0 Å². The van der Waals surface area contributed by atoms with E-state index in [9.17, 15) is 0 Å². The van der Waals surface area contributed by atoms with Crippen LogP contribution in [0.2, 0.25) is 0 Å². The molecule has 0 amide bonds. The monoisotopic (exact) mass is 329 g/mol. The number of hydrogen-bond acceptors (Lipinski definition) is 3. The van der Waals surface area contributed by atoms with Crippen LogP contribution in [0, 0.1) is 6.92 Å². The molecule has 4 rings (SSSR count). The fourth-order valence-corrected chi connectivity index (χ4v) is 3.50. The maximum Gasteiger partial charge on any atom is 0.158 e. The molecule has 3 heteroatoms. The lowest BCUT2D eigenvalue weighted by Crippen LogP contribution is -2.33. The molecule has 1 aliphatic heterocycles. The van der Waals surface area contributed by atoms with Crippen LogP contribution in [-0.2, 0) is 0 Å². The third-order valence-electron chi connectivity index (χ3n) is 4.86. The smallest absolute Gasteiger partial charge is 0.158 e. The van der Waals surface area contributed by atoms with Gasteiger partial charge in [-0.1, -0.05) is 36.4 Å². The quantitative estimate of drug-likeness (QED) is 0.643. The zero-order valence-electron chi connectivity index (χ0n) is 15.0. The van der Waals surface area contributed by atoms with Crippen molar-refractivity contribution in [1.29, 1.82) is 0 Å². The van der Waals surface area contributed by atoms with Crippen LogP contribution in [0.25, 0.3) is 11.1 Å². The number of nitrogens with zero attached hydrogens (tertiary/aromatic N) is 3. The Hall–Kier alpha value is -2.81.